The van der Waals surface area contributed by atoms with Gasteiger partial charge in [0, 0.05) is 49.9 Å². The smallest absolute Gasteiger partial charge is 0.344 e. The second-order valence-electron chi connectivity index (χ2n) is 9.94. The number of benzene rings is 3. The van der Waals surface area contributed by atoms with Gasteiger partial charge in [-0.25, -0.2) is 9.48 Å². The number of fused-ring (bicyclic) bond motifs is 3. The fourth-order valence-electron chi connectivity index (χ4n) is 5.31. The number of hydrogen-bond acceptors (Lipinski definition) is 8. The van der Waals surface area contributed by atoms with E-state index in [2.05, 4.69) is 38.3 Å². The molecule has 5 aromatic rings. The van der Waals surface area contributed by atoms with Gasteiger partial charge < -0.3 is 14.4 Å². The molecule has 6 rings (SSSR count). The summed E-state index contributed by atoms with van der Waals surface area (Å²) in [6, 6.07) is 19.8. The van der Waals surface area contributed by atoms with E-state index in [4.69, 9.17) is 4.42 Å². The Kier molecular flexibility index (Phi) is 6.71. The van der Waals surface area contributed by atoms with Crippen molar-refractivity contribution < 1.29 is 9.52 Å². The van der Waals surface area contributed by atoms with Gasteiger partial charge in [-0.1, -0.05) is 36.4 Å². The number of piperazine rings is 1. The first-order valence-electron chi connectivity index (χ1n) is 13.0. The predicted molar refractivity (Wildman–Crippen MR) is 145 cm³/mol. The number of hydrogen-bond donors (Lipinski definition) is 1. The van der Waals surface area contributed by atoms with Crippen LogP contribution in [0.5, 0.6) is 0 Å². The van der Waals surface area contributed by atoms with Crippen LogP contribution in [0, 0.1) is 6.92 Å². The van der Waals surface area contributed by atoms with Crippen LogP contribution in [-0.4, -0.2) is 74.1 Å². The number of tetrazole rings is 1. The van der Waals surface area contributed by atoms with Crippen molar-refractivity contribution in [1.82, 2.24) is 30.0 Å². The minimum Gasteiger partial charge on any atom is -0.422 e. The van der Waals surface area contributed by atoms with E-state index in [0.717, 1.165) is 66.7 Å². The highest BCUT2D eigenvalue weighted by Gasteiger charge is 2.23. The maximum absolute atomic E-state index is 12.4. The Balaban J connectivity index is 1.05. The van der Waals surface area contributed by atoms with Gasteiger partial charge in [-0.2, -0.15) is 0 Å². The van der Waals surface area contributed by atoms with Crippen LogP contribution in [0.4, 0.5) is 0 Å². The molecule has 194 valence electrons. The summed E-state index contributed by atoms with van der Waals surface area (Å²) < 4.78 is 7.10. The second-order valence-corrected chi connectivity index (χ2v) is 9.94. The number of aliphatic hydroxyl groups excluding tert-OH is 1. The van der Waals surface area contributed by atoms with Crippen molar-refractivity contribution >= 4 is 21.7 Å². The first kappa shape index (κ1) is 24.4. The summed E-state index contributed by atoms with van der Waals surface area (Å²) in [6.45, 7) is 6.46. The van der Waals surface area contributed by atoms with E-state index in [1.165, 1.54) is 5.56 Å². The molecule has 3 aromatic carbocycles. The van der Waals surface area contributed by atoms with Gasteiger partial charge in [0.2, 0.25) is 0 Å². The van der Waals surface area contributed by atoms with Crippen molar-refractivity contribution in [2.24, 2.45) is 0 Å². The van der Waals surface area contributed by atoms with Crippen molar-refractivity contribution in [2.75, 3.05) is 32.7 Å². The molecule has 0 radical (unpaired) electrons. The normalized spacial score (nSPS) is 15.8. The molecular weight excluding hydrogens is 480 g/mol. The summed E-state index contributed by atoms with van der Waals surface area (Å²) in [6.07, 6.45) is 2.54. The molecule has 1 unspecified atom stereocenters. The van der Waals surface area contributed by atoms with Gasteiger partial charge >= 0.3 is 5.63 Å². The lowest BCUT2D eigenvalue weighted by atomic mass is 10.0. The molecule has 0 aliphatic carbocycles. The Labute approximate surface area is 219 Å². The van der Waals surface area contributed by atoms with Crippen molar-refractivity contribution in [3.8, 4) is 5.69 Å². The minimum absolute atomic E-state index is 0.293. The van der Waals surface area contributed by atoms with Crippen molar-refractivity contribution in [3.05, 3.63) is 94.1 Å². The molecule has 0 spiro atoms. The van der Waals surface area contributed by atoms with E-state index in [0.29, 0.717) is 17.4 Å². The average molecular weight is 511 g/mol. The molecule has 1 fully saturated rings. The van der Waals surface area contributed by atoms with Gasteiger partial charge in [-0.3, -0.25) is 4.90 Å². The van der Waals surface area contributed by atoms with Gasteiger partial charge in [0.15, 0.2) is 0 Å². The van der Waals surface area contributed by atoms with Crippen LogP contribution in [0.15, 0.2) is 76.2 Å². The highest BCUT2D eigenvalue weighted by molar-refractivity contribution is 6.04. The maximum atomic E-state index is 12.4. The van der Waals surface area contributed by atoms with Crippen LogP contribution in [0.25, 0.3) is 27.4 Å². The summed E-state index contributed by atoms with van der Waals surface area (Å²) in [5, 5.41) is 24.8. The topological polar surface area (TPSA) is 101 Å². The molecule has 3 heterocycles. The molecule has 1 saturated heterocycles. The van der Waals surface area contributed by atoms with E-state index in [1.54, 1.807) is 11.0 Å². The van der Waals surface area contributed by atoms with Crippen LogP contribution in [0.3, 0.4) is 0 Å². The van der Waals surface area contributed by atoms with Crippen molar-refractivity contribution in [1.29, 1.82) is 0 Å². The first-order chi connectivity index (χ1) is 18.5. The van der Waals surface area contributed by atoms with Gasteiger partial charge in [-0.05, 0) is 64.7 Å². The van der Waals surface area contributed by atoms with E-state index in [9.17, 15) is 9.90 Å². The number of rotatable bonds is 7. The first-order valence-corrected chi connectivity index (χ1v) is 13.0. The molecule has 9 heteroatoms. The van der Waals surface area contributed by atoms with Crippen LogP contribution in [0.1, 0.15) is 16.7 Å². The Morgan fingerprint density at radius 2 is 1.82 bits per heavy atom. The maximum Gasteiger partial charge on any atom is 0.344 e. The van der Waals surface area contributed by atoms with Crippen molar-refractivity contribution in [2.45, 2.75) is 26.0 Å². The predicted octanol–water partition coefficient (Wildman–Crippen LogP) is 2.95. The lowest BCUT2D eigenvalue weighted by Crippen LogP contribution is -2.51. The van der Waals surface area contributed by atoms with Gasteiger partial charge in [0.1, 0.15) is 18.1 Å². The second kappa shape index (κ2) is 10.4. The molecule has 38 heavy (non-hydrogen) atoms. The third kappa shape index (κ3) is 4.96. The Hall–Kier alpha value is -3.92. The zero-order valence-corrected chi connectivity index (χ0v) is 21.3. The summed E-state index contributed by atoms with van der Waals surface area (Å²) in [5.41, 5.74) is 4.67. The number of nitrogens with zero attached hydrogens (tertiary/aromatic N) is 6. The molecule has 0 amide bonds. The molecular formula is C29H30N6O3. The fourth-order valence-corrected chi connectivity index (χ4v) is 5.31. The van der Waals surface area contributed by atoms with E-state index < -0.39 is 6.23 Å². The van der Waals surface area contributed by atoms with E-state index in [1.807, 2.05) is 54.6 Å². The van der Waals surface area contributed by atoms with Crippen LogP contribution in [0.2, 0.25) is 0 Å². The quantitative estimate of drug-likeness (QED) is 0.264. The largest absolute Gasteiger partial charge is 0.422 e. The van der Waals surface area contributed by atoms with Crippen molar-refractivity contribution in [3.63, 3.8) is 0 Å². The molecule has 1 aliphatic rings. The highest BCUT2D eigenvalue weighted by Crippen LogP contribution is 2.24. The molecule has 2 aromatic heterocycles. The molecule has 9 nitrogen and oxygen atoms in total. The summed E-state index contributed by atoms with van der Waals surface area (Å²) in [7, 11) is 0. The van der Waals surface area contributed by atoms with Gasteiger partial charge in [0.25, 0.3) is 0 Å². The fraction of sp³-hybridized carbons (Fsp3) is 0.310. The van der Waals surface area contributed by atoms with Crippen LogP contribution in [-0.2, 0) is 12.8 Å². The van der Waals surface area contributed by atoms with Crippen LogP contribution < -0.4 is 5.63 Å². The molecule has 0 bridgehead atoms. The zero-order valence-electron chi connectivity index (χ0n) is 21.3. The lowest BCUT2D eigenvalue weighted by Gasteiger charge is -2.37. The molecule has 1 N–H and O–H groups in total. The molecule has 1 aliphatic heterocycles. The monoisotopic (exact) mass is 510 g/mol. The number of para-hydroxylation sites is 1. The molecule has 0 saturated carbocycles. The van der Waals surface area contributed by atoms with E-state index in [-0.39, 0.29) is 5.63 Å². The lowest BCUT2D eigenvalue weighted by molar-refractivity contribution is -0.0242. The highest BCUT2D eigenvalue weighted by atomic mass is 16.4. The zero-order chi connectivity index (χ0) is 26.1. The molecule has 1 atom stereocenters. The summed E-state index contributed by atoms with van der Waals surface area (Å²) in [4.78, 5) is 17.0. The average Bonchev–Trinajstić information content (AvgIpc) is 3.48. The minimum atomic E-state index is -0.518. The SMILES string of the molecule is Cc1cc(-n2cnnn2)ccc1CC(O)N1CCN(CCc2ccc3c(=O)oc4ccccc4c3c2)CC1. The Bertz CT molecular complexity index is 1620. The Morgan fingerprint density at radius 3 is 2.61 bits per heavy atom. The van der Waals surface area contributed by atoms with Gasteiger partial charge in [0.05, 0.1) is 11.1 Å². The van der Waals surface area contributed by atoms with Crippen LogP contribution >= 0.6 is 0 Å². The summed E-state index contributed by atoms with van der Waals surface area (Å²) in [5.74, 6) is 0. The third-order valence-electron chi connectivity index (χ3n) is 7.57. The van der Waals surface area contributed by atoms with E-state index >= 15 is 0 Å². The van der Waals surface area contributed by atoms with Gasteiger partial charge in [-0.15, -0.1) is 5.10 Å². The third-order valence-corrected chi connectivity index (χ3v) is 7.57. The summed E-state index contributed by atoms with van der Waals surface area (Å²) >= 11 is 0. The number of aryl methyl sites for hydroxylation is 1. The number of aromatic nitrogens is 4. The standard InChI is InChI=1S/C29H30N6O3/c1-20-16-23(35-19-30-31-32-35)8-7-22(20)18-28(36)34-14-12-33(13-15-34)11-10-21-6-9-25-26(17-21)24-4-2-3-5-27(24)38-29(25)37/h2-9,16-17,19,28,36H,10-15,18H2,1H3. The Morgan fingerprint density at radius 1 is 0.974 bits per heavy atom. The number of aliphatic hydroxyl groups is 1.